The zero-order valence-corrected chi connectivity index (χ0v) is 14.2. The van der Waals surface area contributed by atoms with Crippen LogP contribution in [-0.2, 0) is 6.54 Å². The van der Waals surface area contributed by atoms with Crippen LogP contribution in [0.3, 0.4) is 0 Å². The molecule has 0 aliphatic carbocycles. The lowest BCUT2D eigenvalue weighted by Gasteiger charge is -2.28. The van der Waals surface area contributed by atoms with Gasteiger partial charge < -0.3 is 0 Å². The highest BCUT2D eigenvalue weighted by Gasteiger charge is 2.22. The molecule has 0 amide bonds. The predicted octanol–water partition coefficient (Wildman–Crippen LogP) is 4.07. The lowest BCUT2D eigenvalue weighted by molar-refractivity contribution is 0.321. The highest BCUT2D eigenvalue weighted by molar-refractivity contribution is 6.83. The van der Waals surface area contributed by atoms with Crippen LogP contribution >= 0.6 is 0 Å². The summed E-state index contributed by atoms with van der Waals surface area (Å²) in [5, 5.41) is 3.60. The molecule has 1 aromatic carbocycles. The lowest BCUT2D eigenvalue weighted by atomic mass is 9.87. The van der Waals surface area contributed by atoms with Gasteiger partial charge in [0, 0.05) is 6.54 Å². The van der Waals surface area contributed by atoms with E-state index in [0.29, 0.717) is 0 Å². The van der Waals surface area contributed by atoms with Crippen molar-refractivity contribution >= 4 is 8.07 Å². The molecule has 0 radical (unpaired) electrons. The summed E-state index contributed by atoms with van der Waals surface area (Å²) in [5.41, 5.74) is 4.96. The summed E-state index contributed by atoms with van der Waals surface area (Å²) in [7, 11) is -1.31. The van der Waals surface area contributed by atoms with E-state index in [4.69, 9.17) is 0 Å². The molecule has 0 aromatic heterocycles. The van der Waals surface area contributed by atoms with Gasteiger partial charge in [0.25, 0.3) is 0 Å². The molecule has 0 fully saturated rings. The Bertz CT molecular complexity index is 440. The fourth-order valence-corrected chi connectivity index (χ4v) is 2.26. The summed E-state index contributed by atoms with van der Waals surface area (Å²) in [6.07, 6.45) is 0. The van der Waals surface area contributed by atoms with Gasteiger partial charge in [-0.2, -0.15) is 0 Å². The predicted molar refractivity (Wildman–Crippen MR) is 87.6 cm³/mol. The first-order valence-electron chi connectivity index (χ1n) is 6.98. The van der Waals surface area contributed by atoms with E-state index in [1.54, 1.807) is 0 Å². The summed E-state index contributed by atoms with van der Waals surface area (Å²) in [6.45, 7) is 14.5. The van der Waals surface area contributed by atoms with Crippen LogP contribution in [0.2, 0.25) is 19.6 Å². The van der Waals surface area contributed by atoms with Crippen molar-refractivity contribution in [2.45, 2.75) is 53.0 Å². The Labute approximate surface area is 119 Å². The highest BCUT2D eigenvalue weighted by Crippen LogP contribution is 2.19. The molecule has 1 aromatic rings. The Hall–Kier alpha value is -1.04. The van der Waals surface area contributed by atoms with Gasteiger partial charge in [0.1, 0.15) is 8.07 Å². The number of rotatable bonds is 3. The second-order valence-electron chi connectivity index (χ2n) is 7.18. The van der Waals surface area contributed by atoms with Crippen LogP contribution in [0.4, 0.5) is 0 Å². The topological polar surface area (TPSA) is 12.0 Å². The fraction of sp³-hybridized carbons (Fsp3) is 0.529. The Morgan fingerprint density at radius 1 is 1.11 bits per heavy atom. The molecule has 0 spiro atoms. The molecule has 1 rings (SSSR count). The second kappa shape index (κ2) is 6.41. The number of hydrogen-bond acceptors (Lipinski definition) is 1. The molecular formula is C17H27NSi. The van der Waals surface area contributed by atoms with Crippen LogP contribution in [0.1, 0.15) is 26.3 Å². The minimum Gasteiger partial charge on any atom is -0.299 e. The molecule has 0 saturated heterocycles. The summed E-state index contributed by atoms with van der Waals surface area (Å²) in [4.78, 5) is 0. The van der Waals surface area contributed by atoms with E-state index in [1.165, 1.54) is 5.56 Å². The molecule has 104 valence electrons. The third kappa shape index (κ3) is 6.61. The summed E-state index contributed by atoms with van der Waals surface area (Å²) in [6, 6.07) is 10.8. The highest BCUT2D eigenvalue weighted by atomic mass is 28.3. The number of hydrogen-bond donors (Lipinski definition) is 1. The van der Waals surface area contributed by atoms with Crippen molar-refractivity contribution in [1.82, 2.24) is 5.32 Å². The Kier molecular flexibility index (Phi) is 5.40. The summed E-state index contributed by atoms with van der Waals surface area (Å²) < 4.78 is 0. The van der Waals surface area contributed by atoms with Gasteiger partial charge in [-0.15, -0.1) is 5.54 Å². The molecule has 0 aliphatic heterocycles. The molecule has 19 heavy (non-hydrogen) atoms. The number of benzene rings is 1. The fourth-order valence-electron chi connectivity index (χ4n) is 1.68. The molecule has 2 heteroatoms. The quantitative estimate of drug-likeness (QED) is 0.646. The average molecular weight is 273 g/mol. The van der Waals surface area contributed by atoms with E-state index in [-0.39, 0.29) is 11.5 Å². The first-order chi connectivity index (χ1) is 8.68. The van der Waals surface area contributed by atoms with Gasteiger partial charge >= 0.3 is 0 Å². The first kappa shape index (κ1) is 16.0. The minimum absolute atomic E-state index is 0.154. The van der Waals surface area contributed by atoms with Gasteiger partial charge in [0.05, 0.1) is 6.04 Å². The Morgan fingerprint density at radius 2 is 1.68 bits per heavy atom. The Morgan fingerprint density at radius 3 is 2.16 bits per heavy atom. The van der Waals surface area contributed by atoms with E-state index >= 15 is 0 Å². The SMILES string of the molecule is CC(C)(C)C(C#C[Si](C)(C)C)NCc1ccccc1. The summed E-state index contributed by atoms with van der Waals surface area (Å²) in [5.74, 6) is 3.47. The van der Waals surface area contributed by atoms with Crippen molar-refractivity contribution < 1.29 is 0 Å². The molecule has 0 heterocycles. The van der Waals surface area contributed by atoms with E-state index in [0.717, 1.165) is 6.54 Å². The van der Waals surface area contributed by atoms with Crippen LogP contribution in [-0.4, -0.2) is 14.1 Å². The third-order valence-corrected chi connectivity index (χ3v) is 3.71. The van der Waals surface area contributed by atoms with Gasteiger partial charge in [-0.3, -0.25) is 5.32 Å². The monoisotopic (exact) mass is 273 g/mol. The van der Waals surface area contributed by atoms with Crippen molar-refractivity contribution in [2.75, 3.05) is 0 Å². The van der Waals surface area contributed by atoms with Gasteiger partial charge in [0.2, 0.25) is 0 Å². The van der Waals surface area contributed by atoms with E-state index in [9.17, 15) is 0 Å². The molecule has 1 nitrogen and oxygen atoms in total. The molecule has 1 unspecified atom stereocenters. The maximum absolute atomic E-state index is 3.60. The Balaban J connectivity index is 2.74. The molecular weight excluding hydrogens is 246 g/mol. The van der Waals surface area contributed by atoms with Crippen molar-refractivity contribution in [2.24, 2.45) is 5.41 Å². The molecule has 1 N–H and O–H groups in total. The summed E-state index contributed by atoms with van der Waals surface area (Å²) >= 11 is 0. The van der Waals surface area contributed by atoms with Crippen LogP contribution in [0.15, 0.2) is 30.3 Å². The van der Waals surface area contributed by atoms with Gasteiger partial charge in [0.15, 0.2) is 0 Å². The number of nitrogens with one attached hydrogen (secondary N) is 1. The molecule has 0 bridgehead atoms. The smallest absolute Gasteiger partial charge is 0.129 e. The standard InChI is InChI=1S/C17H27NSi/c1-17(2,3)16(12-13-19(4,5)6)18-14-15-10-8-7-9-11-15/h7-11,16,18H,14H2,1-6H3. The van der Waals surface area contributed by atoms with E-state index < -0.39 is 8.07 Å². The van der Waals surface area contributed by atoms with Gasteiger partial charge in [-0.05, 0) is 11.0 Å². The maximum Gasteiger partial charge on any atom is 0.129 e. The normalized spacial score (nSPS) is 13.6. The minimum atomic E-state index is -1.31. The largest absolute Gasteiger partial charge is 0.299 e. The van der Waals surface area contributed by atoms with Crippen molar-refractivity contribution in [3.8, 4) is 11.5 Å². The lowest BCUT2D eigenvalue weighted by Crippen LogP contribution is -2.39. The zero-order valence-electron chi connectivity index (χ0n) is 13.2. The van der Waals surface area contributed by atoms with Crippen molar-refractivity contribution in [3.05, 3.63) is 35.9 Å². The van der Waals surface area contributed by atoms with E-state index in [2.05, 4.69) is 87.5 Å². The van der Waals surface area contributed by atoms with Crippen LogP contribution in [0, 0.1) is 16.9 Å². The second-order valence-corrected chi connectivity index (χ2v) is 11.9. The van der Waals surface area contributed by atoms with Crippen LogP contribution < -0.4 is 5.32 Å². The van der Waals surface area contributed by atoms with Gasteiger partial charge in [-0.25, -0.2) is 0 Å². The van der Waals surface area contributed by atoms with E-state index in [1.807, 2.05) is 0 Å². The molecule has 0 aliphatic rings. The third-order valence-electron chi connectivity index (χ3n) is 2.81. The molecule has 1 atom stereocenters. The zero-order chi connectivity index (χ0) is 14.5. The first-order valence-corrected chi connectivity index (χ1v) is 10.5. The van der Waals surface area contributed by atoms with Crippen molar-refractivity contribution in [3.63, 3.8) is 0 Å². The van der Waals surface area contributed by atoms with Crippen LogP contribution in [0.25, 0.3) is 0 Å². The molecule has 0 saturated carbocycles. The maximum atomic E-state index is 3.60. The van der Waals surface area contributed by atoms with Gasteiger partial charge in [-0.1, -0.05) is 76.7 Å². The van der Waals surface area contributed by atoms with Crippen molar-refractivity contribution in [1.29, 1.82) is 0 Å². The average Bonchev–Trinajstić information content (AvgIpc) is 2.27. The van der Waals surface area contributed by atoms with Crippen LogP contribution in [0.5, 0.6) is 0 Å².